The number of amides is 1. The molecule has 1 N–H and O–H groups in total. The Hall–Kier alpha value is -1.79. The van der Waals surface area contributed by atoms with E-state index in [0.29, 0.717) is 36.8 Å². The predicted molar refractivity (Wildman–Crippen MR) is 114 cm³/mol. The summed E-state index contributed by atoms with van der Waals surface area (Å²) >= 11 is 0. The Morgan fingerprint density at radius 3 is 2.59 bits per heavy atom. The summed E-state index contributed by atoms with van der Waals surface area (Å²) in [4.78, 5) is 17.3. The van der Waals surface area contributed by atoms with E-state index in [1.807, 2.05) is 4.90 Å². The Morgan fingerprint density at radius 2 is 1.86 bits per heavy atom. The van der Waals surface area contributed by atoms with Gasteiger partial charge < -0.3 is 24.6 Å². The van der Waals surface area contributed by atoms with Gasteiger partial charge in [0, 0.05) is 44.3 Å². The van der Waals surface area contributed by atoms with Crippen LogP contribution in [-0.4, -0.2) is 74.0 Å². The Bertz CT molecular complexity index is 739. The summed E-state index contributed by atoms with van der Waals surface area (Å²) in [5.74, 6) is 0. The molecule has 1 spiro atoms. The third-order valence-corrected chi connectivity index (χ3v) is 7.82. The lowest BCUT2D eigenvalue weighted by molar-refractivity contribution is 0.0198. The zero-order valence-corrected chi connectivity index (χ0v) is 17.4. The molecule has 2 bridgehead atoms. The van der Waals surface area contributed by atoms with Crippen molar-refractivity contribution in [1.29, 1.82) is 0 Å². The van der Waals surface area contributed by atoms with Crippen LogP contribution in [0.1, 0.15) is 45.5 Å². The highest BCUT2D eigenvalue weighted by atomic mass is 16.6. The van der Waals surface area contributed by atoms with Crippen LogP contribution < -0.4 is 5.32 Å². The second-order valence-corrected chi connectivity index (χ2v) is 9.24. The normalized spacial score (nSPS) is 30.2. The van der Waals surface area contributed by atoms with Gasteiger partial charge in [0.15, 0.2) is 0 Å². The zero-order chi connectivity index (χ0) is 19.8. The molecule has 1 aromatic carbocycles. The number of methoxy groups -OCH3 is 1. The average molecular weight is 402 g/mol. The van der Waals surface area contributed by atoms with Crippen molar-refractivity contribution in [3.63, 3.8) is 0 Å². The number of likely N-dealkylation sites (tertiary alicyclic amines) is 1. The smallest absolute Gasteiger partial charge is 0.410 e. The topological polar surface area (TPSA) is 54.0 Å². The molecule has 1 aromatic rings. The number of fused-ring (bicyclic) bond motifs is 4. The van der Waals surface area contributed by atoms with Crippen LogP contribution in [-0.2, 0) is 14.9 Å². The van der Waals surface area contributed by atoms with Crippen LogP contribution in [0.15, 0.2) is 24.3 Å². The van der Waals surface area contributed by atoms with Crippen molar-refractivity contribution in [2.75, 3.05) is 45.3 Å². The Labute approximate surface area is 175 Å². The number of hydrogen-bond acceptors (Lipinski definition) is 5. The second kappa shape index (κ2) is 7.80. The van der Waals surface area contributed by atoms with Crippen molar-refractivity contribution in [3.8, 4) is 0 Å². The maximum absolute atomic E-state index is 12.5. The van der Waals surface area contributed by atoms with Gasteiger partial charge in [-0.25, -0.2) is 4.79 Å². The van der Waals surface area contributed by atoms with Crippen molar-refractivity contribution < 1.29 is 15.7 Å². The molecule has 3 fully saturated rings. The molecule has 29 heavy (non-hydrogen) atoms. The van der Waals surface area contributed by atoms with Crippen molar-refractivity contribution in [1.82, 2.24) is 9.80 Å². The number of nitrogens with one attached hydrogen (secondary N) is 1. The summed E-state index contributed by atoms with van der Waals surface area (Å²) in [7, 11) is 1.63. The maximum Gasteiger partial charge on any atom is 0.410 e. The van der Waals surface area contributed by atoms with E-state index in [1.54, 1.807) is 7.11 Å². The van der Waals surface area contributed by atoms with Gasteiger partial charge in [-0.15, -0.1) is 0 Å². The monoisotopic (exact) mass is 401 g/mol. The molecule has 0 aromatic heterocycles. The Kier molecular flexibility index (Phi) is 5.16. The number of hydrogen-bond donors (Lipinski definition) is 1. The van der Waals surface area contributed by atoms with Crippen LogP contribution in [0.5, 0.6) is 0 Å². The van der Waals surface area contributed by atoms with E-state index in [0.717, 1.165) is 32.2 Å². The van der Waals surface area contributed by atoms with Gasteiger partial charge >= 0.3 is 6.09 Å². The van der Waals surface area contributed by atoms with Crippen molar-refractivity contribution in [3.05, 3.63) is 29.8 Å². The summed E-state index contributed by atoms with van der Waals surface area (Å²) in [6.45, 7) is 4.22. The van der Waals surface area contributed by atoms with Crippen molar-refractivity contribution >= 4 is 11.8 Å². The fraction of sp³-hybridized carbons (Fsp3) is 0.696. The maximum atomic E-state index is 12.5. The van der Waals surface area contributed by atoms with E-state index in [2.05, 4.69) is 34.5 Å². The SMILES string of the molecule is COCCOC(=O)N1C2CCC1CC(N1CCC3(CC1)CNc1ccccc13)C2.[HH]. The third-order valence-electron chi connectivity index (χ3n) is 7.82. The molecule has 1 amide bonds. The number of carbonyl (C=O) groups is 1. The molecule has 5 rings (SSSR count). The van der Waals surface area contributed by atoms with Gasteiger partial charge in [0.05, 0.1) is 6.61 Å². The largest absolute Gasteiger partial charge is 0.447 e. The summed E-state index contributed by atoms with van der Waals surface area (Å²) in [5.41, 5.74) is 3.17. The number of ether oxygens (including phenoxy) is 2. The number of anilines is 1. The minimum atomic E-state index is -0.140. The number of nitrogens with zero attached hydrogens (tertiary/aromatic N) is 2. The molecule has 6 nitrogen and oxygen atoms in total. The molecule has 3 saturated heterocycles. The van der Waals surface area contributed by atoms with Gasteiger partial charge in [-0.1, -0.05) is 18.2 Å². The highest BCUT2D eigenvalue weighted by molar-refractivity contribution is 5.69. The fourth-order valence-electron chi connectivity index (χ4n) is 6.25. The number of benzene rings is 1. The van der Waals surface area contributed by atoms with E-state index in [9.17, 15) is 4.79 Å². The summed E-state index contributed by atoms with van der Waals surface area (Å²) in [5, 5.41) is 3.63. The van der Waals surface area contributed by atoms with Gasteiger partial charge in [-0.2, -0.15) is 0 Å². The summed E-state index contributed by atoms with van der Waals surface area (Å²) in [6.07, 6.45) is 6.75. The van der Waals surface area contributed by atoms with Crippen LogP contribution in [0.4, 0.5) is 10.5 Å². The molecule has 4 aliphatic heterocycles. The predicted octanol–water partition coefficient (Wildman–Crippen LogP) is 3.47. The minimum Gasteiger partial charge on any atom is -0.447 e. The average Bonchev–Trinajstić information content (AvgIpc) is 3.23. The standard InChI is InChI=1S/C23H33N3O3.H2/c1-28-12-13-29-22(27)26-17-6-7-18(26)15-19(14-17)25-10-8-23(9-11-25)16-24-21-5-3-2-4-20(21)23;/h2-5,17-19,24H,6-16H2,1H3;1H. The molecule has 4 aliphatic rings. The molecule has 2 atom stereocenters. The highest BCUT2D eigenvalue weighted by Gasteiger charge is 2.47. The number of carbonyl (C=O) groups excluding carboxylic acids is 1. The van der Waals surface area contributed by atoms with Crippen molar-refractivity contribution in [2.45, 2.75) is 62.1 Å². The van der Waals surface area contributed by atoms with E-state index >= 15 is 0 Å². The van der Waals surface area contributed by atoms with Crippen LogP contribution in [0.3, 0.4) is 0 Å². The first kappa shape index (κ1) is 19.2. The third kappa shape index (κ3) is 3.40. The first-order valence-electron chi connectivity index (χ1n) is 11.2. The van der Waals surface area contributed by atoms with Crippen LogP contribution in [0.2, 0.25) is 0 Å². The van der Waals surface area contributed by atoms with Gasteiger partial charge in [0.1, 0.15) is 6.61 Å². The molecule has 6 heteroatoms. The molecule has 0 radical (unpaired) electrons. The van der Waals surface area contributed by atoms with E-state index in [-0.39, 0.29) is 7.52 Å². The van der Waals surface area contributed by atoms with Crippen LogP contribution >= 0.6 is 0 Å². The molecule has 0 saturated carbocycles. The highest BCUT2D eigenvalue weighted by Crippen LogP contribution is 2.45. The Balaban J connectivity index is 0.00000218. The lowest BCUT2D eigenvalue weighted by Gasteiger charge is -2.47. The second-order valence-electron chi connectivity index (χ2n) is 9.24. The van der Waals surface area contributed by atoms with Gasteiger partial charge in [0.2, 0.25) is 0 Å². The van der Waals surface area contributed by atoms with Crippen LogP contribution in [0, 0.1) is 0 Å². The number of para-hydroxylation sites is 1. The van der Waals surface area contributed by atoms with Crippen molar-refractivity contribution in [2.24, 2.45) is 0 Å². The fourth-order valence-corrected chi connectivity index (χ4v) is 6.25. The summed E-state index contributed by atoms with van der Waals surface area (Å²) in [6, 6.07) is 10.1. The molecule has 4 heterocycles. The number of piperidine rings is 2. The lowest BCUT2D eigenvalue weighted by atomic mass is 9.74. The first-order chi connectivity index (χ1) is 14.2. The number of rotatable bonds is 4. The summed E-state index contributed by atoms with van der Waals surface area (Å²) < 4.78 is 10.4. The van der Waals surface area contributed by atoms with E-state index in [4.69, 9.17) is 9.47 Å². The molecule has 2 unspecified atom stereocenters. The molecular weight excluding hydrogens is 366 g/mol. The molecular formula is C23H35N3O3. The Morgan fingerprint density at radius 1 is 1.14 bits per heavy atom. The van der Waals surface area contributed by atoms with E-state index in [1.165, 1.54) is 37.2 Å². The quantitative estimate of drug-likeness (QED) is 0.783. The van der Waals surface area contributed by atoms with Gasteiger partial charge in [0.25, 0.3) is 0 Å². The first-order valence-corrected chi connectivity index (χ1v) is 11.2. The van der Waals surface area contributed by atoms with Gasteiger partial charge in [-0.05, 0) is 63.2 Å². The minimum absolute atomic E-state index is 0. The zero-order valence-electron chi connectivity index (χ0n) is 17.4. The molecule has 0 aliphatic carbocycles. The van der Waals surface area contributed by atoms with E-state index < -0.39 is 0 Å². The lowest BCUT2D eigenvalue weighted by Crippen LogP contribution is -2.55. The molecule has 160 valence electrons. The van der Waals surface area contributed by atoms with Crippen LogP contribution in [0.25, 0.3) is 0 Å². The van der Waals surface area contributed by atoms with Gasteiger partial charge in [-0.3, -0.25) is 0 Å².